The number of hydrogen-bond acceptors (Lipinski definition) is 6. The van der Waals surface area contributed by atoms with E-state index in [0.29, 0.717) is 5.69 Å². The van der Waals surface area contributed by atoms with Crippen LogP contribution in [-0.4, -0.2) is 56.6 Å². The molecule has 1 N–H and O–H groups in total. The standard InChI is InChI=1S/C22H26N2O6/c1-14-9-11-16(12-10-14)23-19(25)13-24(3)21(26)15(2)30-22(27)20-17(28-4)7-6-8-18(20)29-5/h6-12,15H,13H2,1-5H3,(H,23,25)/t15-/m1/s1. The van der Waals surface area contributed by atoms with Gasteiger partial charge in [0.05, 0.1) is 20.8 Å². The maximum Gasteiger partial charge on any atom is 0.346 e. The van der Waals surface area contributed by atoms with Gasteiger partial charge < -0.3 is 24.4 Å². The number of nitrogens with zero attached hydrogens (tertiary/aromatic N) is 1. The van der Waals surface area contributed by atoms with Gasteiger partial charge in [-0.2, -0.15) is 0 Å². The number of likely N-dealkylation sites (N-methyl/N-ethyl adjacent to an activating group) is 1. The maximum atomic E-state index is 12.6. The molecule has 1 atom stereocenters. The summed E-state index contributed by atoms with van der Waals surface area (Å²) >= 11 is 0. The van der Waals surface area contributed by atoms with Crippen LogP contribution in [0.2, 0.25) is 0 Å². The van der Waals surface area contributed by atoms with Crippen LogP contribution in [0.3, 0.4) is 0 Å². The van der Waals surface area contributed by atoms with Crippen LogP contribution in [0.15, 0.2) is 42.5 Å². The van der Waals surface area contributed by atoms with E-state index in [2.05, 4.69) is 5.32 Å². The molecule has 2 aromatic carbocycles. The molecule has 0 saturated heterocycles. The van der Waals surface area contributed by atoms with Gasteiger partial charge in [-0.05, 0) is 38.1 Å². The lowest BCUT2D eigenvalue weighted by Crippen LogP contribution is -2.41. The van der Waals surface area contributed by atoms with E-state index in [9.17, 15) is 14.4 Å². The van der Waals surface area contributed by atoms with Gasteiger partial charge in [-0.15, -0.1) is 0 Å². The number of carbonyl (C=O) groups is 3. The minimum absolute atomic E-state index is 0.0851. The van der Waals surface area contributed by atoms with Crippen molar-refractivity contribution in [3.05, 3.63) is 53.6 Å². The van der Waals surface area contributed by atoms with Crippen LogP contribution in [-0.2, 0) is 14.3 Å². The van der Waals surface area contributed by atoms with Crippen LogP contribution in [0, 0.1) is 6.92 Å². The monoisotopic (exact) mass is 414 g/mol. The van der Waals surface area contributed by atoms with Gasteiger partial charge in [-0.1, -0.05) is 23.8 Å². The molecule has 0 aliphatic carbocycles. The molecule has 8 nitrogen and oxygen atoms in total. The largest absolute Gasteiger partial charge is 0.496 e. The van der Waals surface area contributed by atoms with Crippen molar-refractivity contribution in [1.29, 1.82) is 0 Å². The highest BCUT2D eigenvalue weighted by Crippen LogP contribution is 2.29. The number of amides is 2. The molecule has 8 heteroatoms. The highest BCUT2D eigenvalue weighted by Gasteiger charge is 2.27. The average Bonchev–Trinajstić information content (AvgIpc) is 2.73. The van der Waals surface area contributed by atoms with Gasteiger partial charge in [0, 0.05) is 12.7 Å². The molecular weight excluding hydrogens is 388 g/mol. The van der Waals surface area contributed by atoms with Crippen molar-refractivity contribution in [1.82, 2.24) is 4.90 Å². The number of ether oxygens (including phenoxy) is 3. The Hall–Kier alpha value is -3.55. The van der Waals surface area contributed by atoms with Crippen LogP contribution in [0.25, 0.3) is 0 Å². The molecule has 0 fully saturated rings. The molecule has 0 radical (unpaired) electrons. The Balaban J connectivity index is 1.98. The normalized spacial score (nSPS) is 11.2. The summed E-state index contributed by atoms with van der Waals surface area (Å²) in [5, 5.41) is 2.72. The van der Waals surface area contributed by atoms with Gasteiger partial charge in [0.25, 0.3) is 5.91 Å². The molecule has 0 bridgehead atoms. The molecule has 0 heterocycles. The average molecular weight is 414 g/mol. The third kappa shape index (κ3) is 5.73. The smallest absolute Gasteiger partial charge is 0.346 e. The Kier molecular flexibility index (Phi) is 7.80. The van der Waals surface area contributed by atoms with Gasteiger partial charge in [0.1, 0.15) is 17.1 Å². The predicted octanol–water partition coefficient (Wildman–Crippen LogP) is 2.65. The first-order valence-corrected chi connectivity index (χ1v) is 9.30. The second kappa shape index (κ2) is 10.3. The molecule has 0 aliphatic heterocycles. The topological polar surface area (TPSA) is 94.2 Å². The van der Waals surface area contributed by atoms with Crippen molar-refractivity contribution >= 4 is 23.5 Å². The fourth-order valence-corrected chi connectivity index (χ4v) is 2.76. The number of carbonyl (C=O) groups excluding carboxylic acids is 3. The number of benzene rings is 2. The SMILES string of the molecule is COc1cccc(OC)c1C(=O)O[C@H](C)C(=O)N(C)CC(=O)Nc1ccc(C)cc1. The molecule has 0 unspecified atom stereocenters. The number of methoxy groups -OCH3 is 2. The summed E-state index contributed by atoms with van der Waals surface area (Å²) < 4.78 is 15.7. The first kappa shape index (κ1) is 22.7. The van der Waals surface area contributed by atoms with Crippen LogP contribution in [0.5, 0.6) is 11.5 Å². The Morgan fingerprint density at radius 2 is 1.57 bits per heavy atom. The van der Waals surface area contributed by atoms with Crippen molar-refractivity contribution in [2.45, 2.75) is 20.0 Å². The highest BCUT2D eigenvalue weighted by molar-refractivity contribution is 5.98. The highest BCUT2D eigenvalue weighted by atomic mass is 16.6. The molecule has 0 saturated carbocycles. The number of hydrogen-bond donors (Lipinski definition) is 1. The Morgan fingerprint density at radius 3 is 2.10 bits per heavy atom. The van der Waals surface area contributed by atoms with Crippen molar-refractivity contribution in [2.24, 2.45) is 0 Å². The summed E-state index contributed by atoms with van der Waals surface area (Å²) in [4.78, 5) is 38.6. The van der Waals surface area contributed by atoms with E-state index in [-0.39, 0.29) is 29.5 Å². The van der Waals surface area contributed by atoms with Gasteiger partial charge >= 0.3 is 5.97 Å². The zero-order chi connectivity index (χ0) is 22.3. The van der Waals surface area contributed by atoms with Gasteiger partial charge in [-0.3, -0.25) is 9.59 Å². The van der Waals surface area contributed by atoms with E-state index >= 15 is 0 Å². The lowest BCUT2D eigenvalue weighted by atomic mass is 10.1. The van der Waals surface area contributed by atoms with Crippen LogP contribution in [0.1, 0.15) is 22.8 Å². The molecule has 0 aromatic heterocycles. The van der Waals surface area contributed by atoms with Gasteiger partial charge in [0.15, 0.2) is 6.10 Å². The summed E-state index contributed by atoms with van der Waals surface area (Å²) in [6, 6.07) is 12.2. The first-order valence-electron chi connectivity index (χ1n) is 9.30. The molecule has 0 spiro atoms. The summed E-state index contributed by atoms with van der Waals surface area (Å²) in [7, 11) is 4.30. The Labute approximate surface area is 175 Å². The zero-order valence-electron chi connectivity index (χ0n) is 17.7. The molecule has 2 amide bonds. The minimum atomic E-state index is -1.11. The maximum absolute atomic E-state index is 12.6. The first-order chi connectivity index (χ1) is 14.3. The summed E-state index contributed by atoms with van der Waals surface area (Å²) in [6.07, 6.45) is -1.11. The second-order valence-corrected chi connectivity index (χ2v) is 6.69. The molecule has 2 aromatic rings. The van der Waals surface area contributed by atoms with E-state index in [1.165, 1.54) is 33.1 Å². The molecule has 30 heavy (non-hydrogen) atoms. The number of aryl methyl sites for hydroxylation is 1. The number of rotatable bonds is 8. The quantitative estimate of drug-likeness (QED) is 0.668. The minimum Gasteiger partial charge on any atom is -0.496 e. The summed E-state index contributed by atoms with van der Waals surface area (Å²) in [5.41, 5.74) is 1.79. The lowest BCUT2D eigenvalue weighted by molar-refractivity contribution is -0.140. The van der Waals surface area contributed by atoms with E-state index < -0.39 is 18.0 Å². The van der Waals surface area contributed by atoms with Crippen LogP contribution >= 0.6 is 0 Å². The zero-order valence-corrected chi connectivity index (χ0v) is 17.7. The third-order valence-electron chi connectivity index (χ3n) is 4.36. The van der Waals surface area contributed by atoms with E-state index in [0.717, 1.165) is 5.56 Å². The predicted molar refractivity (Wildman–Crippen MR) is 112 cm³/mol. The van der Waals surface area contributed by atoms with Crippen LogP contribution in [0.4, 0.5) is 5.69 Å². The lowest BCUT2D eigenvalue weighted by Gasteiger charge is -2.21. The van der Waals surface area contributed by atoms with E-state index in [4.69, 9.17) is 14.2 Å². The number of esters is 1. The van der Waals surface area contributed by atoms with Crippen LogP contribution < -0.4 is 14.8 Å². The van der Waals surface area contributed by atoms with Gasteiger partial charge in [0.2, 0.25) is 5.91 Å². The molecule has 160 valence electrons. The third-order valence-corrected chi connectivity index (χ3v) is 4.36. The number of anilines is 1. The summed E-state index contributed by atoms with van der Waals surface area (Å²) in [5.74, 6) is -1.10. The molecular formula is C22H26N2O6. The van der Waals surface area contributed by atoms with Crippen molar-refractivity contribution in [3.63, 3.8) is 0 Å². The fourth-order valence-electron chi connectivity index (χ4n) is 2.76. The second-order valence-electron chi connectivity index (χ2n) is 6.69. The Morgan fingerprint density at radius 1 is 1.00 bits per heavy atom. The van der Waals surface area contributed by atoms with Gasteiger partial charge in [-0.25, -0.2) is 4.79 Å². The number of nitrogens with one attached hydrogen (secondary N) is 1. The van der Waals surface area contributed by atoms with Crippen molar-refractivity contribution < 1.29 is 28.6 Å². The van der Waals surface area contributed by atoms with Crippen molar-refractivity contribution in [3.8, 4) is 11.5 Å². The van der Waals surface area contributed by atoms with E-state index in [1.54, 1.807) is 30.3 Å². The summed E-state index contributed by atoms with van der Waals surface area (Å²) in [6.45, 7) is 3.20. The Bertz CT molecular complexity index is 888. The fraction of sp³-hybridized carbons (Fsp3) is 0.318. The molecule has 0 aliphatic rings. The molecule has 2 rings (SSSR count). The van der Waals surface area contributed by atoms with E-state index in [1.807, 2.05) is 19.1 Å². The van der Waals surface area contributed by atoms with Crippen molar-refractivity contribution in [2.75, 3.05) is 33.1 Å².